The summed E-state index contributed by atoms with van der Waals surface area (Å²) in [5, 5.41) is 9.67. The lowest BCUT2D eigenvalue weighted by Crippen LogP contribution is -2.50. The van der Waals surface area contributed by atoms with Gasteiger partial charge in [-0.05, 0) is 103 Å². The van der Waals surface area contributed by atoms with Gasteiger partial charge in [0, 0.05) is 19.3 Å². The number of rotatable bonds is 48. The first-order chi connectivity index (χ1) is 33.6. The van der Waals surface area contributed by atoms with Crippen LogP contribution in [0.2, 0.25) is 0 Å². The molecule has 8 heteroatoms. The zero-order valence-electron chi connectivity index (χ0n) is 44.7. The predicted molar refractivity (Wildman–Crippen MR) is 293 cm³/mol. The second-order valence-electron chi connectivity index (χ2n) is 19.1. The molecule has 1 N–H and O–H groups in total. The number of carbonyl (C=O) groups is 3. The monoisotopic (exact) mass is 961 g/mol. The summed E-state index contributed by atoms with van der Waals surface area (Å²) < 4.78 is 17.4. The maximum atomic E-state index is 12.8. The fourth-order valence-electron chi connectivity index (χ4n) is 7.45. The van der Waals surface area contributed by atoms with E-state index in [4.69, 9.17) is 14.2 Å². The van der Waals surface area contributed by atoms with Gasteiger partial charge in [0.15, 0.2) is 12.1 Å². The average molecular weight is 961 g/mol. The van der Waals surface area contributed by atoms with Crippen molar-refractivity contribution in [2.45, 2.75) is 219 Å². The highest BCUT2D eigenvalue weighted by Gasteiger charge is 2.31. The molecule has 8 nitrogen and oxygen atoms in total. The van der Waals surface area contributed by atoms with Crippen LogP contribution in [-0.4, -0.2) is 80.6 Å². The standard InChI is InChI=1S/C61H101NO7/c1-6-8-10-12-14-16-18-20-22-24-26-28-30-32-34-36-38-40-42-44-46-48-50-52-60(64)69-57(55-67-54-53-58(61(65)66)62(3,4)5)56-68-59(63)51-49-47-45-43-41-39-37-35-33-31-29-27-25-23-21-19-17-15-13-11-9-7-2/h8,10,14-17,20-23,26-29,32,34,38,40,57-58H,6-7,9,11-13,18-19,24-25,30-31,33,35-37,39,41-56H2,1-5H3/p+1/b10-8+,16-14+,17-15+,22-20+,23-21+,28-26+,29-27+,34-32+,40-38+. The van der Waals surface area contributed by atoms with E-state index in [1.807, 2.05) is 21.1 Å². The zero-order valence-corrected chi connectivity index (χ0v) is 44.7. The van der Waals surface area contributed by atoms with Crippen molar-refractivity contribution in [2.75, 3.05) is 41.0 Å². The molecular weight excluding hydrogens is 859 g/mol. The smallest absolute Gasteiger partial charge is 0.362 e. The molecule has 2 atom stereocenters. The van der Waals surface area contributed by atoms with Crippen molar-refractivity contribution in [3.8, 4) is 0 Å². The molecule has 0 fully saturated rings. The number of nitrogens with zero attached hydrogens (tertiary/aromatic N) is 1. The first kappa shape index (κ1) is 65.0. The molecular formula is C61H102NO7+. The number of carboxylic acid groups (broad SMARTS) is 1. The summed E-state index contributed by atoms with van der Waals surface area (Å²) in [6.45, 7) is 4.56. The van der Waals surface area contributed by atoms with Gasteiger partial charge in [-0.15, -0.1) is 0 Å². The summed E-state index contributed by atoms with van der Waals surface area (Å²) in [4.78, 5) is 37.3. The third-order valence-electron chi connectivity index (χ3n) is 11.7. The summed E-state index contributed by atoms with van der Waals surface area (Å²) in [5.74, 6) is -1.52. The van der Waals surface area contributed by atoms with Crippen LogP contribution in [0.5, 0.6) is 0 Å². The highest BCUT2D eigenvalue weighted by Crippen LogP contribution is 2.14. The van der Waals surface area contributed by atoms with Crippen molar-refractivity contribution in [3.05, 3.63) is 109 Å². The lowest BCUT2D eigenvalue weighted by molar-refractivity contribution is -0.887. The van der Waals surface area contributed by atoms with Gasteiger partial charge in [0.25, 0.3) is 0 Å². The second kappa shape index (κ2) is 50.4. The molecule has 0 rings (SSSR count). The normalized spacial score (nSPS) is 13.7. The summed E-state index contributed by atoms with van der Waals surface area (Å²) in [6, 6.07) is -0.628. The molecule has 0 aromatic heterocycles. The molecule has 0 bridgehead atoms. The topological polar surface area (TPSA) is 99.1 Å². The number of carbonyl (C=O) groups excluding carboxylic acids is 2. The Hall–Kier alpha value is -4.01. The number of allylic oxidation sites excluding steroid dienone is 18. The van der Waals surface area contributed by atoms with E-state index in [-0.39, 0.29) is 36.2 Å². The van der Waals surface area contributed by atoms with E-state index in [1.165, 1.54) is 64.2 Å². The summed E-state index contributed by atoms with van der Waals surface area (Å²) in [7, 11) is 5.52. The van der Waals surface area contributed by atoms with E-state index in [0.29, 0.717) is 19.3 Å². The molecule has 69 heavy (non-hydrogen) atoms. The van der Waals surface area contributed by atoms with Crippen LogP contribution in [0.1, 0.15) is 206 Å². The minimum atomic E-state index is -0.884. The Morgan fingerprint density at radius 1 is 0.449 bits per heavy atom. The number of ether oxygens (including phenoxy) is 3. The number of carboxylic acids is 1. The van der Waals surface area contributed by atoms with Crippen LogP contribution < -0.4 is 0 Å². The van der Waals surface area contributed by atoms with Gasteiger partial charge < -0.3 is 23.8 Å². The molecule has 2 unspecified atom stereocenters. The quantitative estimate of drug-likeness (QED) is 0.0281. The fraction of sp³-hybridized carbons (Fsp3) is 0.656. The lowest BCUT2D eigenvalue weighted by atomic mass is 10.1. The molecule has 392 valence electrons. The Morgan fingerprint density at radius 3 is 1.20 bits per heavy atom. The Morgan fingerprint density at radius 2 is 0.812 bits per heavy atom. The van der Waals surface area contributed by atoms with Crippen molar-refractivity contribution in [1.29, 1.82) is 0 Å². The Kier molecular flexibility index (Phi) is 47.5. The summed E-state index contributed by atoms with van der Waals surface area (Å²) >= 11 is 0. The van der Waals surface area contributed by atoms with E-state index < -0.39 is 18.1 Å². The molecule has 0 aliphatic carbocycles. The lowest BCUT2D eigenvalue weighted by Gasteiger charge is -2.31. The number of hydrogen-bond acceptors (Lipinski definition) is 6. The fourth-order valence-corrected chi connectivity index (χ4v) is 7.45. The number of quaternary nitrogens is 1. The minimum Gasteiger partial charge on any atom is -0.477 e. The second-order valence-corrected chi connectivity index (χ2v) is 19.1. The van der Waals surface area contributed by atoms with Crippen molar-refractivity contribution in [2.24, 2.45) is 0 Å². The van der Waals surface area contributed by atoms with Gasteiger partial charge in [-0.3, -0.25) is 9.59 Å². The number of esters is 2. The van der Waals surface area contributed by atoms with Crippen LogP contribution in [0.25, 0.3) is 0 Å². The molecule has 0 saturated carbocycles. The predicted octanol–water partition coefficient (Wildman–Crippen LogP) is 16.4. The van der Waals surface area contributed by atoms with Gasteiger partial charge in [-0.1, -0.05) is 194 Å². The van der Waals surface area contributed by atoms with Crippen molar-refractivity contribution < 1.29 is 38.2 Å². The van der Waals surface area contributed by atoms with E-state index in [2.05, 4.69) is 123 Å². The molecule has 0 saturated heterocycles. The third kappa shape index (κ3) is 48.8. The zero-order chi connectivity index (χ0) is 50.6. The summed E-state index contributed by atoms with van der Waals surface area (Å²) in [5.41, 5.74) is 0. The Balaban J connectivity index is 4.31. The molecule has 0 radical (unpaired) electrons. The van der Waals surface area contributed by atoms with Crippen LogP contribution in [0.3, 0.4) is 0 Å². The van der Waals surface area contributed by atoms with Crippen LogP contribution >= 0.6 is 0 Å². The molecule has 0 aliphatic heterocycles. The molecule has 0 aliphatic rings. The molecule has 0 heterocycles. The average Bonchev–Trinajstić information content (AvgIpc) is 3.31. The van der Waals surface area contributed by atoms with Gasteiger partial charge in [0.05, 0.1) is 34.4 Å². The largest absolute Gasteiger partial charge is 0.477 e. The first-order valence-corrected chi connectivity index (χ1v) is 27.4. The van der Waals surface area contributed by atoms with Gasteiger partial charge >= 0.3 is 17.9 Å². The van der Waals surface area contributed by atoms with E-state index in [1.54, 1.807) is 0 Å². The Labute approximate surface area is 423 Å². The van der Waals surface area contributed by atoms with Gasteiger partial charge in [-0.2, -0.15) is 0 Å². The minimum absolute atomic E-state index is 0.0420. The van der Waals surface area contributed by atoms with Crippen LogP contribution in [-0.2, 0) is 28.6 Å². The molecule has 0 amide bonds. The SMILES string of the molecule is CC/C=C/C/C=C/C/C=C/C/C=C/C/C=C/C/C=C/CCCCCCC(=O)OC(COCCC(C(=O)O)[N+](C)(C)C)COC(=O)CCCCCCCCCCC/C=C/C/C=C/C/C=C/CCCCC. The van der Waals surface area contributed by atoms with E-state index >= 15 is 0 Å². The number of hydrogen-bond donors (Lipinski definition) is 1. The van der Waals surface area contributed by atoms with Crippen LogP contribution in [0.15, 0.2) is 109 Å². The maximum Gasteiger partial charge on any atom is 0.362 e. The van der Waals surface area contributed by atoms with Crippen molar-refractivity contribution >= 4 is 17.9 Å². The Bertz CT molecular complexity index is 1490. The molecule has 0 aromatic carbocycles. The summed E-state index contributed by atoms with van der Waals surface area (Å²) in [6.07, 6.45) is 69.9. The van der Waals surface area contributed by atoms with Crippen LogP contribution in [0.4, 0.5) is 0 Å². The van der Waals surface area contributed by atoms with E-state index in [0.717, 1.165) is 109 Å². The highest BCUT2D eigenvalue weighted by molar-refractivity contribution is 5.72. The first-order valence-electron chi connectivity index (χ1n) is 27.4. The van der Waals surface area contributed by atoms with Gasteiger partial charge in [0.2, 0.25) is 0 Å². The van der Waals surface area contributed by atoms with Gasteiger partial charge in [-0.25, -0.2) is 4.79 Å². The van der Waals surface area contributed by atoms with Gasteiger partial charge in [0.1, 0.15) is 6.61 Å². The maximum absolute atomic E-state index is 12.8. The molecule has 0 aromatic rings. The van der Waals surface area contributed by atoms with Crippen LogP contribution in [0, 0.1) is 0 Å². The van der Waals surface area contributed by atoms with Crippen molar-refractivity contribution in [3.63, 3.8) is 0 Å². The number of likely N-dealkylation sites (N-methyl/N-ethyl adjacent to an activating group) is 1. The van der Waals surface area contributed by atoms with E-state index in [9.17, 15) is 19.5 Å². The number of aliphatic carboxylic acids is 1. The van der Waals surface area contributed by atoms with Crippen molar-refractivity contribution in [1.82, 2.24) is 0 Å². The third-order valence-corrected chi connectivity index (χ3v) is 11.7. The number of unbranched alkanes of at least 4 members (excludes halogenated alkanes) is 16. The molecule has 0 spiro atoms. The highest BCUT2D eigenvalue weighted by atomic mass is 16.6.